The Hall–Kier alpha value is -2.50. The van der Waals surface area contributed by atoms with Crippen LogP contribution in [0, 0.1) is 6.92 Å². The average Bonchev–Trinajstić information content (AvgIpc) is 2.89. The lowest BCUT2D eigenvalue weighted by atomic mass is 10.1. The molecule has 0 saturated carbocycles. The van der Waals surface area contributed by atoms with E-state index in [9.17, 15) is 13.2 Å². The van der Waals surface area contributed by atoms with E-state index in [-0.39, 0.29) is 6.17 Å². The molecule has 0 aromatic heterocycles. The number of nitrogens with zero attached hydrogens (tertiary/aromatic N) is 3. The molecule has 0 fully saturated rings. The van der Waals surface area contributed by atoms with Gasteiger partial charge < -0.3 is 4.90 Å². The molecule has 2 aromatic rings. The second-order valence-corrected chi connectivity index (χ2v) is 5.45. The van der Waals surface area contributed by atoms with Crippen molar-refractivity contribution in [3.8, 4) is 0 Å². The van der Waals surface area contributed by atoms with E-state index in [0.717, 1.165) is 17.8 Å². The van der Waals surface area contributed by atoms with Crippen molar-refractivity contribution < 1.29 is 13.2 Å². The molecule has 120 valence electrons. The highest BCUT2D eigenvalue weighted by Gasteiger charge is 2.32. The molecule has 0 saturated heterocycles. The van der Waals surface area contributed by atoms with Gasteiger partial charge in [0.1, 0.15) is 12.5 Å². The molecule has 1 unspecified atom stereocenters. The third-order valence-corrected chi connectivity index (χ3v) is 3.88. The van der Waals surface area contributed by atoms with Crippen molar-refractivity contribution in [1.82, 2.24) is 0 Å². The van der Waals surface area contributed by atoms with Gasteiger partial charge in [0.05, 0.1) is 11.3 Å². The van der Waals surface area contributed by atoms with Crippen LogP contribution < -0.4 is 9.91 Å². The number of aryl methyl sites for hydroxylation is 1. The highest BCUT2D eigenvalue weighted by molar-refractivity contribution is 5.84. The van der Waals surface area contributed by atoms with E-state index in [1.54, 1.807) is 18.3 Å². The zero-order chi connectivity index (χ0) is 16.6. The maximum Gasteiger partial charge on any atom is 0.416 e. The van der Waals surface area contributed by atoms with E-state index in [1.165, 1.54) is 6.07 Å². The summed E-state index contributed by atoms with van der Waals surface area (Å²) in [6.45, 7) is 3.62. The smallest absolute Gasteiger partial charge is 0.308 e. The van der Waals surface area contributed by atoms with Gasteiger partial charge in [-0.3, -0.25) is 0 Å². The topological polar surface area (TPSA) is 18.8 Å². The van der Waals surface area contributed by atoms with Gasteiger partial charge in [0.2, 0.25) is 0 Å². The van der Waals surface area contributed by atoms with Crippen molar-refractivity contribution in [3.63, 3.8) is 0 Å². The molecule has 0 amide bonds. The van der Waals surface area contributed by atoms with Crippen LogP contribution >= 0.6 is 0 Å². The van der Waals surface area contributed by atoms with Crippen molar-refractivity contribution in [1.29, 1.82) is 0 Å². The summed E-state index contributed by atoms with van der Waals surface area (Å²) in [4.78, 5) is 1.97. The Morgan fingerprint density at radius 2 is 1.74 bits per heavy atom. The van der Waals surface area contributed by atoms with Crippen molar-refractivity contribution in [2.45, 2.75) is 26.2 Å². The van der Waals surface area contributed by atoms with Gasteiger partial charge in [-0.25, -0.2) is 5.01 Å². The number of hydrogen-bond acceptors (Lipinski definition) is 3. The van der Waals surface area contributed by atoms with Gasteiger partial charge in [-0.15, -0.1) is 0 Å². The van der Waals surface area contributed by atoms with Crippen LogP contribution in [-0.4, -0.2) is 12.5 Å². The molecule has 3 rings (SSSR count). The number of para-hydroxylation sites is 1. The summed E-state index contributed by atoms with van der Waals surface area (Å²) in [5.41, 5.74) is 1.55. The molecule has 0 radical (unpaired) electrons. The average molecular weight is 319 g/mol. The molecule has 0 spiro atoms. The van der Waals surface area contributed by atoms with Crippen molar-refractivity contribution >= 4 is 17.7 Å². The normalized spacial score (nSPS) is 17.9. The van der Waals surface area contributed by atoms with Crippen LogP contribution in [-0.2, 0) is 6.18 Å². The van der Waals surface area contributed by atoms with E-state index in [0.29, 0.717) is 11.3 Å². The monoisotopic (exact) mass is 319 g/mol. The van der Waals surface area contributed by atoms with Crippen LogP contribution in [0.1, 0.15) is 18.1 Å². The van der Waals surface area contributed by atoms with Crippen LogP contribution in [0.25, 0.3) is 0 Å². The van der Waals surface area contributed by atoms with Gasteiger partial charge in [-0.2, -0.15) is 18.3 Å². The quantitative estimate of drug-likeness (QED) is 0.804. The van der Waals surface area contributed by atoms with Crippen molar-refractivity contribution in [2.75, 3.05) is 9.91 Å². The maximum absolute atomic E-state index is 12.8. The fourth-order valence-electron chi connectivity index (χ4n) is 2.66. The second-order valence-electron chi connectivity index (χ2n) is 5.45. The first-order chi connectivity index (χ1) is 10.9. The van der Waals surface area contributed by atoms with E-state index < -0.39 is 11.7 Å². The minimum absolute atomic E-state index is 0.118. The Bertz CT molecular complexity index is 726. The lowest BCUT2D eigenvalue weighted by Crippen LogP contribution is -2.37. The summed E-state index contributed by atoms with van der Waals surface area (Å²) in [5, 5.41) is 6.08. The van der Waals surface area contributed by atoms with Gasteiger partial charge >= 0.3 is 6.18 Å². The van der Waals surface area contributed by atoms with Crippen LogP contribution in [0.15, 0.2) is 53.6 Å². The summed E-state index contributed by atoms with van der Waals surface area (Å²) in [7, 11) is 0. The Morgan fingerprint density at radius 1 is 1.04 bits per heavy atom. The van der Waals surface area contributed by atoms with E-state index in [2.05, 4.69) is 5.10 Å². The van der Waals surface area contributed by atoms with E-state index in [4.69, 9.17) is 0 Å². The molecular formula is C17H16F3N3. The summed E-state index contributed by atoms with van der Waals surface area (Å²) >= 11 is 0. The molecule has 23 heavy (non-hydrogen) atoms. The van der Waals surface area contributed by atoms with Crippen LogP contribution in [0.5, 0.6) is 0 Å². The first kappa shape index (κ1) is 15.4. The zero-order valence-electron chi connectivity index (χ0n) is 12.7. The summed E-state index contributed by atoms with van der Waals surface area (Å²) in [5.74, 6) is 0. The number of hydrogen-bond donors (Lipinski definition) is 0. The molecule has 6 heteroatoms. The first-order valence-electron chi connectivity index (χ1n) is 7.22. The van der Waals surface area contributed by atoms with Crippen LogP contribution in [0.4, 0.5) is 24.5 Å². The summed E-state index contributed by atoms with van der Waals surface area (Å²) in [6.07, 6.45) is -2.76. The number of halogens is 3. The molecule has 1 heterocycles. The predicted molar refractivity (Wildman–Crippen MR) is 85.5 cm³/mol. The first-order valence-corrected chi connectivity index (χ1v) is 7.22. The van der Waals surface area contributed by atoms with Gasteiger partial charge in [-0.1, -0.05) is 18.2 Å². The molecule has 0 N–H and O–H groups in total. The Kier molecular flexibility index (Phi) is 3.75. The lowest BCUT2D eigenvalue weighted by molar-refractivity contribution is -0.137. The van der Waals surface area contributed by atoms with E-state index in [1.807, 2.05) is 42.2 Å². The maximum atomic E-state index is 12.8. The number of anilines is 2. The van der Waals surface area contributed by atoms with Gasteiger partial charge in [0.15, 0.2) is 0 Å². The fraction of sp³-hybridized carbons (Fsp3) is 0.235. The van der Waals surface area contributed by atoms with Gasteiger partial charge in [0.25, 0.3) is 0 Å². The Morgan fingerprint density at radius 3 is 2.35 bits per heavy atom. The summed E-state index contributed by atoms with van der Waals surface area (Å²) in [6, 6.07) is 13.4. The Labute approximate surface area is 132 Å². The standard InChI is InChI=1S/C17H16F3N3/c1-12-10-14(17(18,19)20)8-9-16(12)23-13(2)22(11-21-23)15-6-4-3-5-7-15/h3-11,13H,1-2H3. The number of benzene rings is 2. The molecule has 1 aliphatic heterocycles. The highest BCUT2D eigenvalue weighted by atomic mass is 19.4. The third kappa shape index (κ3) is 2.88. The molecule has 0 bridgehead atoms. The molecule has 1 aliphatic rings. The minimum Gasteiger partial charge on any atom is -0.308 e. The molecule has 3 nitrogen and oxygen atoms in total. The third-order valence-electron chi connectivity index (χ3n) is 3.88. The molecule has 0 aliphatic carbocycles. The molecular weight excluding hydrogens is 303 g/mol. The van der Waals surface area contributed by atoms with Crippen molar-refractivity contribution in [2.24, 2.45) is 5.10 Å². The minimum atomic E-state index is -4.33. The van der Waals surface area contributed by atoms with E-state index >= 15 is 0 Å². The largest absolute Gasteiger partial charge is 0.416 e. The van der Waals surface area contributed by atoms with Crippen LogP contribution in [0.2, 0.25) is 0 Å². The van der Waals surface area contributed by atoms with Crippen LogP contribution in [0.3, 0.4) is 0 Å². The number of alkyl halides is 3. The second kappa shape index (κ2) is 5.61. The molecule has 1 atom stereocenters. The number of hydrazone groups is 1. The number of rotatable bonds is 2. The Balaban J connectivity index is 1.88. The fourth-order valence-corrected chi connectivity index (χ4v) is 2.66. The molecule has 2 aromatic carbocycles. The van der Waals surface area contributed by atoms with Gasteiger partial charge in [0, 0.05) is 5.69 Å². The highest BCUT2D eigenvalue weighted by Crippen LogP contribution is 2.34. The van der Waals surface area contributed by atoms with Crippen molar-refractivity contribution in [3.05, 3.63) is 59.7 Å². The summed E-state index contributed by atoms with van der Waals surface area (Å²) < 4.78 is 38.4. The zero-order valence-corrected chi connectivity index (χ0v) is 12.7. The lowest BCUT2D eigenvalue weighted by Gasteiger charge is -2.28. The predicted octanol–water partition coefficient (Wildman–Crippen LogP) is 4.63. The SMILES string of the molecule is Cc1cc(C(F)(F)F)ccc1N1N=CN(c2ccccc2)C1C. The van der Waals surface area contributed by atoms with Gasteiger partial charge in [-0.05, 0) is 49.7 Å².